The molecule has 0 spiro atoms. The highest BCUT2D eigenvalue weighted by Crippen LogP contribution is 2.35. The average Bonchev–Trinajstić information content (AvgIpc) is 2.45. The summed E-state index contributed by atoms with van der Waals surface area (Å²) < 4.78 is 10.5. The molecule has 1 rings (SSSR count). The molecular formula is C16H27Cl2NO2. The zero-order valence-corrected chi connectivity index (χ0v) is 14.8. The van der Waals surface area contributed by atoms with Gasteiger partial charge in [-0.3, -0.25) is 0 Å². The summed E-state index contributed by atoms with van der Waals surface area (Å²) in [5.74, 6) is 1.28. The number of hydrogen-bond acceptors (Lipinski definition) is 3. The van der Waals surface area contributed by atoms with Gasteiger partial charge in [0.25, 0.3) is 0 Å². The lowest BCUT2D eigenvalue weighted by Gasteiger charge is -2.12. The summed E-state index contributed by atoms with van der Waals surface area (Å²) in [7, 11) is 3.22. The van der Waals surface area contributed by atoms with Crippen LogP contribution in [0.15, 0.2) is 12.1 Å². The summed E-state index contributed by atoms with van der Waals surface area (Å²) in [6, 6.07) is 3.89. The van der Waals surface area contributed by atoms with Crippen LogP contribution in [-0.4, -0.2) is 20.8 Å². The van der Waals surface area contributed by atoms with Gasteiger partial charge < -0.3 is 14.8 Å². The number of hydrogen-bond donors (Lipinski definition) is 1. The van der Waals surface area contributed by atoms with E-state index in [9.17, 15) is 0 Å². The normalized spacial score (nSPS) is 10.1. The molecule has 0 aliphatic carbocycles. The smallest absolute Gasteiger partial charge is 0.179 e. The fourth-order valence-corrected chi connectivity index (χ4v) is 2.47. The summed E-state index contributed by atoms with van der Waals surface area (Å²) >= 11 is 6.18. The maximum absolute atomic E-state index is 6.18. The van der Waals surface area contributed by atoms with Crippen LogP contribution >= 0.6 is 24.0 Å². The first-order chi connectivity index (χ1) is 9.72. The van der Waals surface area contributed by atoms with E-state index in [1.54, 1.807) is 14.2 Å². The number of rotatable bonds is 10. The third-order valence-electron chi connectivity index (χ3n) is 3.28. The van der Waals surface area contributed by atoms with Gasteiger partial charge in [-0.15, -0.1) is 12.4 Å². The number of ether oxygens (including phenoxy) is 2. The second-order valence-corrected chi connectivity index (χ2v) is 5.31. The Balaban J connectivity index is 0.00000400. The van der Waals surface area contributed by atoms with Gasteiger partial charge in [0, 0.05) is 6.54 Å². The fourth-order valence-electron chi connectivity index (χ4n) is 2.16. The lowest BCUT2D eigenvalue weighted by atomic mass is 10.1. The van der Waals surface area contributed by atoms with E-state index < -0.39 is 0 Å². The molecule has 122 valence electrons. The predicted octanol–water partition coefficient (Wildman–Crippen LogP) is 4.84. The number of unbranched alkanes of at least 4 members (excludes halogenated alkanes) is 4. The fraction of sp³-hybridized carbons (Fsp3) is 0.625. The van der Waals surface area contributed by atoms with E-state index in [2.05, 4.69) is 12.2 Å². The van der Waals surface area contributed by atoms with Crippen molar-refractivity contribution in [3.05, 3.63) is 22.7 Å². The summed E-state index contributed by atoms with van der Waals surface area (Å²) in [5, 5.41) is 4.03. The second kappa shape index (κ2) is 12.0. The molecule has 5 heteroatoms. The number of nitrogens with one attached hydrogen (secondary N) is 1. The van der Waals surface area contributed by atoms with Crippen molar-refractivity contribution >= 4 is 24.0 Å². The lowest BCUT2D eigenvalue weighted by Crippen LogP contribution is -2.14. The maximum atomic E-state index is 6.18. The highest BCUT2D eigenvalue weighted by molar-refractivity contribution is 6.32. The molecule has 0 heterocycles. The molecule has 0 fully saturated rings. The van der Waals surface area contributed by atoms with E-state index in [0.717, 1.165) is 18.7 Å². The molecule has 1 aromatic carbocycles. The maximum Gasteiger partial charge on any atom is 0.179 e. The van der Waals surface area contributed by atoms with Crippen LogP contribution in [0.5, 0.6) is 11.5 Å². The topological polar surface area (TPSA) is 30.5 Å². The number of halogens is 2. The SMILES string of the molecule is CCCCCCCNCc1cc(Cl)c(OC)c(OC)c1.Cl. The minimum Gasteiger partial charge on any atom is -0.493 e. The quantitative estimate of drug-likeness (QED) is 0.620. The Labute approximate surface area is 139 Å². The minimum atomic E-state index is 0. The molecule has 0 saturated carbocycles. The Morgan fingerprint density at radius 1 is 1.05 bits per heavy atom. The van der Waals surface area contributed by atoms with Gasteiger partial charge in [-0.05, 0) is 30.7 Å². The molecule has 0 bridgehead atoms. The Hall–Kier alpha value is -0.640. The van der Waals surface area contributed by atoms with Crippen LogP contribution in [0.4, 0.5) is 0 Å². The minimum absolute atomic E-state index is 0. The zero-order valence-electron chi connectivity index (χ0n) is 13.2. The molecule has 21 heavy (non-hydrogen) atoms. The van der Waals surface area contributed by atoms with Crippen molar-refractivity contribution in [1.82, 2.24) is 5.32 Å². The van der Waals surface area contributed by atoms with Crippen LogP contribution in [-0.2, 0) is 6.54 Å². The summed E-state index contributed by atoms with van der Waals surface area (Å²) in [4.78, 5) is 0. The van der Waals surface area contributed by atoms with Gasteiger partial charge in [-0.1, -0.05) is 44.2 Å². The molecule has 1 N–H and O–H groups in total. The van der Waals surface area contributed by atoms with Crippen LogP contribution in [0.25, 0.3) is 0 Å². The molecule has 0 radical (unpaired) electrons. The van der Waals surface area contributed by atoms with E-state index >= 15 is 0 Å². The van der Waals surface area contributed by atoms with Gasteiger partial charge in [0.05, 0.1) is 19.2 Å². The molecule has 1 aromatic rings. The lowest BCUT2D eigenvalue weighted by molar-refractivity contribution is 0.354. The predicted molar refractivity (Wildman–Crippen MR) is 92.3 cm³/mol. The van der Waals surface area contributed by atoms with Crippen LogP contribution in [0, 0.1) is 0 Å². The third kappa shape index (κ3) is 7.25. The van der Waals surface area contributed by atoms with Crippen molar-refractivity contribution in [2.45, 2.75) is 45.6 Å². The largest absolute Gasteiger partial charge is 0.493 e. The molecule has 0 amide bonds. The molecule has 0 aromatic heterocycles. The highest BCUT2D eigenvalue weighted by atomic mass is 35.5. The van der Waals surface area contributed by atoms with E-state index in [0.29, 0.717) is 16.5 Å². The monoisotopic (exact) mass is 335 g/mol. The Kier molecular flexibility index (Phi) is 11.6. The van der Waals surface area contributed by atoms with E-state index in [-0.39, 0.29) is 12.4 Å². The molecule has 0 unspecified atom stereocenters. The Morgan fingerprint density at radius 2 is 1.76 bits per heavy atom. The second-order valence-electron chi connectivity index (χ2n) is 4.90. The van der Waals surface area contributed by atoms with Crippen molar-refractivity contribution in [2.75, 3.05) is 20.8 Å². The number of benzene rings is 1. The average molecular weight is 336 g/mol. The van der Waals surface area contributed by atoms with Crippen LogP contribution < -0.4 is 14.8 Å². The van der Waals surface area contributed by atoms with Gasteiger partial charge >= 0.3 is 0 Å². The first kappa shape index (κ1) is 20.4. The van der Waals surface area contributed by atoms with Crippen LogP contribution in [0.3, 0.4) is 0 Å². The summed E-state index contributed by atoms with van der Waals surface area (Å²) in [6.07, 6.45) is 6.48. The van der Waals surface area contributed by atoms with Crippen molar-refractivity contribution in [1.29, 1.82) is 0 Å². The van der Waals surface area contributed by atoms with Gasteiger partial charge in [0.2, 0.25) is 0 Å². The van der Waals surface area contributed by atoms with Gasteiger partial charge in [-0.25, -0.2) is 0 Å². The van der Waals surface area contributed by atoms with Gasteiger partial charge in [0.1, 0.15) is 0 Å². The van der Waals surface area contributed by atoms with Crippen molar-refractivity contribution in [3.8, 4) is 11.5 Å². The molecule has 0 aliphatic rings. The van der Waals surface area contributed by atoms with Crippen LogP contribution in [0.2, 0.25) is 5.02 Å². The standard InChI is InChI=1S/C16H26ClNO2.ClH/c1-4-5-6-7-8-9-18-12-13-10-14(17)16(20-3)15(11-13)19-2;/h10-11,18H,4-9,12H2,1-3H3;1H. The Bertz CT molecular complexity index is 400. The van der Waals surface area contributed by atoms with Crippen molar-refractivity contribution < 1.29 is 9.47 Å². The molecule has 0 saturated heterocycles. The van der Waals surface area contributed by atoms with Crippen molar-refractivity contribution in [3.63, 3.8) is 0 Å². The molecule has 3 nitrogen and oxygen atoms in total. The van der Waals surface area contributed by atoms with E-state index in [1.807, 2.05) is 12.1 Å². The highest BCUT2D eigenvalue weighted by Gasteiger charge is 2.10. The van der Waals surface area contributed by atoms with Gasteiger partial charge in [-0.2, -0.15) is 0 Å². The van der Waals surface area contributed by atoms with Crippen LogP contribution in [0.1, 0.15) is 44.6 Å². The summed E-state index contributed by atoms with van der Waals surface area (Å²) in [5.41, 5.74) is 1.11. The van der Waals surface area contributed by atoms with E-state index in [1.165, 1.54) is 32.1 Å². The van der Waals surface area contributed by atoms with Crippen molar-refractivity contribution in [2.24, 2.45) is 0 Å². The molecular weight excluding hydrogens is 309 g/mol. The molecule has 0 atom stereocenters. The van der Waals surface area contributed by atoms with E-state index in [4.69, 9.17) is 21.1 Å². The Morgan fingerprint density at radius 3 is 2.38 bits per heavy atom. The first-order valence-corrected chi connectivity index (χ1v) is 7.71. The first-order valence-electron chi connectivity index (χ1n) is 7.34. The van der Waals surface area contributed by atoms with Gasteiger partial charge in [0.15, 0.2) is 11.5 Å². The zero-order chi connectivity index (χ0) is 14.8. The third-order valence-corrected chi connectivity index (χ3v) is 3.56. The number of methoxy groups -OCH3 is 2. The molecule has 0 aliphatic heterocycles. The summed E-state index contributed by atoms with van der Waals surface area (Å²) in [6.45, 7) is 4.07.